The molecule has 1 unspecified atom stereocenters. The van der Waals surface area contributed by atoms with Gasteiger partial charge in [0, 0.05) is 44.9 Å². The summed E-state index contributed by atoms with van der Waals surface area (Å²) in [5.74, 6) is -6.16. The van der Waals surface area contributed by atoms with E-state index in [0.29, 0.717) is 36.5 Å². The minimum absolute atomic E-state index is 0.104. The number of nitrogens with two attached hydrogens (primary N) is 2. The number of rotatable bonds is 46. The summed E-state index contributed by atoms with van der Waals surface area (Å²) in [6, 6.07) is 4.74. The van der Waals surface area contributed by atoms with Crippen LogP contribution in [0.5, 0.6) is 0 Å². The number of hydrogen-bond donors (Lipinski definition) is 7. The number of amides is 8. The Labute approximate surface area is 448 Å². The zero-order valence-electron chi connectivity index (χ0n) is 46.1. The van der Waals surface area contributed by atoms with Crippen LogP contribution < -0.4 is 32.8 Å². The van der Waals surface area contributed by atoms with Crippen molar-refractivity contribution in [2.75, 3.05) is 32.9 Å². The Bertz CT molecular complexity index is 1800. The summed E-state index contributed by atoms with van der Waals surface area (Å²) >= 11 is 0. The van der Waals surface area contributed by atoms with Crippen LogP contribution in [0.2, 0.25) is 0 Å². The van der Waals surface area contributed by atoms with Gasteiger partial charge in [-0.15, -0.1) is 0 Å². The normalized spacial score (nSPS) is 12.8. The molecule has 75 heavy (non-hydrogen) atoms. The number of carbonyl (C=O) groups is 8. The fourth-order valence-electron chi connectivity index (χ4n) is 8.20. The third-order valence-corrected chi connectivity index (χ3v) is 12.9. The van der Waals surface area contributed by atoms with E-state index in [2.05, 4.69) is 35.2 Å². The smallest absolute Gasteiger partial charge is 0.408 e. The molecule has 0 aliphatic heterocycles. The van der Waals surface area contributed by atoms with E-state index in [9.17, 15) is 43.5 Å². The summed E-state index contributed by atoms with van der Waals surface area (Å²) in [6.45, 7) is 7.82. The summed E-state index contributed by atoms with van der Waals surface area (Å²) in [5, 5.41) is 17.9. The molecule has 0 aromatic heterocycles. The highest BCUT2D eigenvalue weighted by Gasteiger charge is 2.29. The lowest BCUT2D eigenvalue weighted by atomic mass is 10.1. The largest absolute Gasteiger partial charge is 0.465 e. The lowest BCUT2D eigenvalue weighted by Gasteiger charge is -2.27. The van der Waals surface area contributed by atoms with Crippen molar-refractivity contribution < 1.29 is 52.9 Å². The molecule has 426 valence electrons. The van der Waals surface area contributed by atoms with E-state index in [0.717, 1.165) is 43.1 Å². The molecule has 19 nitrogen and oxygen atoms in total. The maximum absolute atomic E-state index is 13.1. The highest BCUT2D eigenvalue weighted by molar-refractivity contribution is 6.00. The van der Waals surface area contributed by atoms with E-state index in [-0.39, 0.29) is 32.0 Å². The molecular weight excluding hydrogens is 961 g/mol. The monoisotopic (exact) mass is 1060 g/mol. The number of primary amides is 2. The summed E-state index contributed by atoms with van der Waals surface area (Å²) in [6.07, 6.45) is 29.2. The minimum atomic E-state index is -1.37. The maximum atomic E-state index is 13.1. The molecule has 8 amide bonds. The first kappa shape index (κ1) is 67.5. The highest BCUT2D eigenvalue weighted by Crippen LogP contribution is 2.15. The first-order valence-electron chi connectivity index (χ1n) is 28.1. The average molecular weight is 1060 g/mol. The topological polar surface area (TPSA) is 282 Å². The van der Waals surface area contributed by atoms with Gasteiger partial charge in [0.1, 0.15) is 24.7 Å². The predicted molar refractivity (Wildman–Crippen MR) is 291 cm³/mol. The lowest BCUT2D eigenvalue weighted by Crippen LogP contribution is -2.57. The van der Waals surface area contributed by atoms with Gasteiger partial charge in [-0.2, -0.15) is 0 Å². The third-order valence-electron chi connectivity index (χ3n) is 12.9. The molecule has 1 aromatic rings. The van der Waals surface area contributed by atoms with Crippen molar-refractivity contribution in [2.24, 2.45) is 11.5 Å². The number of ether oxygens (including phenoxy) is 2. The Morgan fingerprint density at radius 3 is 1.65 bits per heavy atom. The van der Waals surface area contributed by atoms with Crippen LogP contribution in [0.3, 0.4) is 0 Å². The molecule has 0 saturated carbocycles. The van der Waals surface area contributed by atoms with Crippen LogP contribution in [0.1, 0.15) is 200 Å². The summed E-state index contributed by atoms with van der Waals surface area (Å²) in [7, 11) is 0. The van der Waals surface area contributed by atoms with E-state index in [1.165, 1.54) is 136 Å². The van der Waals surface area contributed by atoms with E-state index in [1.807, 2.05) is 0 Å². The Hall–Kier alpha value is -5.56. The fourth-order valence-corrected chi connectivity index (χ4v) is 8.20. The fraction of sp³-hybridized carbons (Fsp3) is 0.714. The first-order chi connectivity index (χ1) is 36.1. The Balaban J connectivity index is 2.69. The number of hydrazine groups is 1. The number of carboxylic acid groups (broad SMARTS) is 1. The third kappa shape index (κ3) is 35.4. The first-order valence-corrected chi connectivity index (χ1v) is 28.1. The molecule has 0 saturated heterocycles. The molecule has 0 fully saturated rings. The molecule has 0 aliphatic carbocycles. The van der Waals surface area contributed by atoms with Gasteiger partial charge in [0.25, 0.3) is 11.8 Å². The Morgan fingerprint density at radius 2 is 1.16 bits per heavy atom. The molecule has 1 aromatic carbocycles. The summed E-state index contributed by atoms with van der Waals surface area (Å²) < 4.78 is 12.2. The van der Waals surface area contributed by atoms with Crippen LogP contribution in [0, 0.1) is 0 Å². The van der Waals surface area contributed by atoms with Crippen LogP contribution in [-0.4, -0.2) is 120 Å². The average Bonchev–Trinajstić information content (AvgIpc) is 3.38. The summed E-state index contributed by atoms with van der Waals surface area (Å²) in [5.41, 5.74) is 13.6. The van der Waals surface area contributed by atoms with Gasteiger partial charge in [0.2, 0.25) is 29.5 Å². The molecule has 0 spiro atoms. The van der Waals surface area contributed by atoms with E-state index in [4.69, 9.17) is 20.9 Å². The number of benzene rings is 1. The molecule has 9 N–H and O–H groups in total. The van der Waals surface area contributed by atoms with Crippen molar-refractivity contribution in [3.8, 4) is 0 Å². The quantitative estimate of drug-likeness (QED) is 0.0189. The minimum Gasteiger partial charge on any atom is -0.465 e. The van der Waals surface area contributed by atoms with Gasteiger partial charge in [-0.3, -0.25) is 43.9 Å². The number of nitrogens with one attached hydrogen (secondary N) is 4. The van der Waals surface area contributed by atoms with Crippen molar-refractivity contribution in [3.05, 3.63) is 48.0 Å². The van der Waals surface area contributed by atoms with Crippen molar-refractivity contribution in [1.82, 2.24) is 31.3 Å². The molecule has 0 bridgehead atoms. The zero-order chi connectivity index (χ0) is 55.5. The van der Waals surface area contributed by atoms with Gasteiger partial charge in [0.15, 0.2) is 0 Å². The number of unbranched alkanes of at least 4 members (excludes halogenated alkanes) is 22. The Kier molecular flexibility index (Phi) is 39.3. The standard InChI is InChI=1S/C56H96N8O11/c1-5-7-9-11-13-15-17-19-21-23-25-30-38-74-43-47(75-39-31-26-24-22-20-18-16-14-12-10-8-6-2)40-59-50(66)35-34-48(53(58)69)61-51(67)36-37-52(68)64(42-49(57)65)62-54(70)44(3)60-55(71)45(4)63(56(72)73)41-46-32-28-27-29-33-46/h27-29,32-33,36-37,44-45,47-48H,5-26,30-31,34-35,38-43H2,1-4H3,(H2,57,65)(H2,58,69)(H,59,66)(H,60,71)(H,61,67)(H,62,70)(H,72,73)/t44-,45-,47?,48-/m0/s1. The molecule has 0 aliphatic rings. The van der Waals surface area contributed by atoms with Gasteiger partial charge in [-0.05, 0) is 38.7 Å². The van der Waals surface area contributed by atoms with Crippen molar-refractivity contribution in [1.29, 1.82) is 0 Å². The molecule has 19 heteroatoms. The van der Waals surface area contributed by atoms with Gasteiger partial charge < -0.3 is 42.0 Å². The number of nitrogens with zero attached hydrogens (tertiary/aromatic N) is 2. The molecule has 1 rings (SSSR count). The molecular formula is C56H96N8O11. The van der Waals surface area contributed by atoms with E-state index < -0.39 is 72.1 Å². The second-order valence-corrected chi connectivity index (χ2v) is 19.7. The van der Waals surface area contributed by atoms with Crippen LogP contribution in [0.25, 0.3) is 0 Å². The number of carbonyl (C=O) groups excluding carboxylic acids is 7. The van der Waals surface area contributed by atoms with E-state index >= 15 is 0 Å². The van der Waals surface area contributed by atoms with E-state index in [1.54, 1.807) is 30.3 Å². The predicted octanol–water partition coefficient (Wildman–Crippen LogP) is 7.63. The van der Waals surface area contributed by atoms with Gasteiger partial charge in [-0.1, -0.05) is 185 Å². The highest BCUT2D eigenvalue weighted by atomic mass is 16.5. The number of hydrogen-bond acceptors (Lipinski definition) is 10. The van der Waals surface area contributed by atoms with Crippen LogP contribution in [0.4, 0.5) is 4.79 Å². The summed E-state index contributed by atoms with van der Waals surface area (Å²) in [4.78, 5) is 102. The second-order valence-electron chi connectivity index (χ2n) is 19.7. The van der Waals surface area contributed by atoms with Crippen LogP contribution in [-0.2, 0) is 49.6 Å². The second kappa shape index (κ2) is 43.7. The van der Waals surface area contributed by atoms with Gasteiger partial charge in [-0.25, -0.2) is 9.80 Å². The van der Waals surface area contributed by atoms with Gasteiger partial charge in [0.05, 0.1) is 12.7 Å². The molecule has 0 heterocycles. The SMILES string of the molecule is CCCCCCCCCCCCCCOCC(CNC(=O)CC[C@H](NC(=O)C=CC(=O)N(CC(N)=O)NC(=O)[C@H](C)NC(=O)[C@H](C)N(Cc1ccccc1)C(=O)O)C(N)=O)OCCCCCCCCCCCCCC. The van der Waals surface area contributed by atoms with Crippen molar-refractivity contribution >= 4 is 47.4 Å². The lowest BCUT2D eigenvalue weighted by molar-refractivity contribution is -0.142. The van der Waals surface area contributed by atoms with Crippen LogP contribution in [0.15, 0.2) is 42.5 Å². The van der Waals surface area contributed by atoms with Crippen molar-refractivity contribution in [3.63, 3.8) is 0 Å². The molecule has 4 atom stereocenters. The van der Waals surface area contributed by atoms with Gasteiger partial charge >= 0.3 is 6.09 Å². The maximum Gasteiger partial charge on any atom is 0.408 e. The van der Waals surface area contributed by atoms with Crippen molar-refractivity contribution in [2.45, 2.75) is 225 Å². The Morgan fingerprint density at radius 1 is 0.653 bits per heavy atom. The van der Waals surface area contributed by atoms with Crippen LogP contribution >= 0.6 is 0 Å². The molecule has 0 radical (unpaired) electrons. The zero-order valence-corrected chi connectivity index (χ0v) is 46.1.